The molecule has 1 saturated carbocycles. The van der Waals surface area contributed by atoms with Gasteiger partial charge in [-0.15, -0.1) is 0 Å². The number of nitrogen functional groups attached to an aromatic ring is 1. The van der Waals surface area contributed by atoms with Crippen LogP contribution in [-0.2, 0) is 20.8 Å². The minimum absolute atomic E-state index is 0.0774. The molecule has 3 heterocycles. The summed E-state index contributed by atoms with van der Waals surface area (Å²) in [5, 5.41) is 0. The molecule has 1 aliphatic carbocycles. The number of imidazole rings is 1. The molecule has 5 rings (SSSR count). The van der Waals surface area contributed by atoms with Gasteiger partial charge in [-0.3, -0.25) is 0 Å². The van der Waals surface area contributed by atoms with E-state index in [9.17, 15) is 0 Å². The number of rotatable bonds is 5. The highest BCUT2D eigenvalue weighted by Crippen LogP contribution is 2.47. The van der Waals surface area contributed by atoms with Gasteiger partial charge in [0.05, 0.1) is 31.7 Å². The van der Waals surface area contributed by atoms with Crippen molar-refractivity contribution in [1.82, 2.24) is 19.5 Å². The normalized spacial score (nSPS) is 28.1. The number of anilines is 1. The quantitative estimate of drug-likeness (QED) is 0.710. The van der Waals surface area contributed by atoms with Crippen molar-refractivity contribution in [3.63, 3.8) is 0 Å². The molecule has 151 valence electrons. The Morgan fingerprint density at radius 1 is 1.10 bits per heavy atom. The van der Waals surface area contributed by atoms with E-state index >= 15 is 0 Å². The summed E-state index contributed by atoms with van der Waals surface area (Å²) in [7, 11) is 0. The fraction of sp³-hybridized carbons (Fsp3) is 0.429. The lowest BCUT2D eigenvalue weighted by Gasteiger charge is -2.24. The van der Waals surface area contributed by atoms with Crippen LogP contribution in [0.4, 0.5) is 5.82 Å². The van der Waals surface area contributed by atoms with Crippen LogP contribution in [0.3, 0.4) is 0 Å². The van der Waals surface area contributed by atoms with E-state index in [2.05, 4.69) is 33.5 Å². The van der Waals surface area contributed by atoms with Gasteiger partial charge in [-0.2, -0.15) is 0 Å². The van der Waals surface area contributed by atoms with Gasteiger partial charge in [0.25, 0.3) is 0 Å². The third-order valence-electron chi connectivity index (χ3n) is 5.50. The molecule has 1 radical (unpaired) electrons. The summed E-state index contributed by atoms with van der Waals surface area (Å²) in [4.78, 5) is 12.8. The minimum atomic E-state index is -0.649. The predicted octanol–water partition coefficient (Wildman–Crippen LogP) is 2.52. The summed E-state index contributed by atoms with van der Waals surface area (Å²) in [6.45, 7) is 5.00. The molecule has 2 aliphatic rings. The largest absolute Gasteiger partial charge is 0.382 e. The molecular formula is C21H24N5O3. The van der Waals surface area contributed by atoms with Crippen molar-refractivity contribution in [2.24, 2.45) is 5.92 Å². The highest BCUT2D eigenvalue weighted by molar-refractivity contribution is 5.81. The average molecular weight is 394 g/mol. The van der Waals surface area contributed by atoms with Crippen molar-refractivity contribution in [3.05, 3.63) is 55.0 Å². The molecule has 2 N–H and O–H groups in total. The van der Waals surface area contributed by atoms with Crippen molar-refractivity contribution in [3.8, 4) is 0 Å². The Morgan fingerprint density at radius 3 is 2.72 bits per heavy atom. The molecule has 3 aromatic rings. The summed E-state index contributed by atoms with van der Waals surface area (Å²) >= 11 is 0. The zero-order chi connectivity index (χ0) is 20.0. The second-order valence-electron chi connectivity index (χ2n) is 8.00. The van der Waals surface area contributed by atoms with E-state index in [0.29, 0.717) is 30.2 Å². The molecule has 1 saturated heterocycles. The van der Waals surface area contributed by atoms with Crippen LogP contribution in [0.2, 0.25) is 0 Å². The molecule has 0 spiro atoms. The Balaban J connectivity index is 1.38. The van der Waals surface area contributed by atoms with Gasteiger partial charge in [0.2, 0.25) is 0 Å². The molecule has 2 fully saturated rings. The third-order valence-corrected chi connectivity index (χ3v) is 5.50. The van der Waals surface area contributed by atoms with E-state index < -0.39 is 5.79 Å². The summed E-state index contributed by atoms with van der Waals surface area (Å²) in [5.41, 5.74) is 8.39. The molecule has 0 unspecified atom stereocenters. The molecule has 0 amide bonds. The zero-order valence-electron chi connectivity index (χ0n) is 16.4. The maximum absolute atomic E-state index is 6.25. The van der Waals surface area contributed by atoms with Crippen molar-refractivity contribution in [2.45, 2.75) is 44.5 Å². The van der Waals surface area contributed by atoms with Crippen LogP contribution in [0.15, 0.2) is 43.0 Å². The molecule has 29 heavy (non-hydrogen) atoms. The minimum Gasteiger partial charge on any atom is -0.382 e. The Hall–Kier alpha value is -2.55. The summed E-state index contributed by atoms with van der Waals surface area (Å²) in [6, 6.07) is 10.1. The average Bonchev–Trinajstić information content (AvgIpc) is 3.35. The number of benzene rings is 1. The molecule has 8 nitrogen and oxygen atoms in total. The van der Waals surface area contributed by atoms with E-state index in [1.165, 1.54) is 6.33 Å². The van der Waals surface area contributed by atoms with Gasteiger partial charge in [-0.05, 0) is 25.8 Å². The van der Waals surface area contributed by atoms with Gasteiger partial charge in [0.1, 0.15) is 17.9 Å². The van der Waals surface area contributed by atoms with Crippen molar-refractivity contribution in [1.29, 1.82) is 0 Å². The summed E-state index contributed by atoms with van der Waals surface area (Å²) < 4.78 is 20.5. The van der Waals surface area contributed by atoms with E-state index in [1.54, 1.807) is 6.33 Å². The van der Waals surface area contributed by atoms with Crippen molar-refractivity contribution in [2.75, 3.05) is 12.3 Å². The summed E-state index contributed by atoms with van der Waals surface area (Å²) in [5.74, 6) is -0.189. The van der Waals surface area contributed by atoms with Gasteiger partial charge in [0, 0.05) is 5.92 Å². The number of hydrogen-bond donors (Lipinski definition) is 1. The van der Waals surface area contributed by atoms with Gasteiger partial charge >= 0.3 is 0 Å². The highest BCUT2D eigenvalue weighted by atomic mass is 16.8. The van der Waals surface area contributed by atoms with Crippen LogP contribution >= 0.6 is 0 Å². The predicted molar refractivity (Wildman–Crippen MR) is 106 cm³/mol. The van der Waals surface area contributed by atoms with Crippen LogP contribution < -0.4 is 5.73 Å². The van der Waals surface area contributed by atoms with Gasteiger partial charge in [-0.1, -0.05) is 30.3 Å². The van der Waals surface area contributed by atoms with E-state index in [0.717, 1.165) is 5.56 Å². The number of nitrogens with zero attached hydrogens (tertiary/aromatic N) is 4. The lowest BCUT2D eigenvalue weighted by molar-refractivity contribution is -0.158. The van der Waals surface area contributed by atoms with E-state index in [-0.39, 0.29) is 24.2 Å². The van der Waals surface area contributed by atoms with E-state index in [1.807, 2.05) is 36.6 Å². The fourth-order valence-electron chi connectivity index (χ4n) is 4.26. The van der Waals surface area contributed by atoms with Crippen LogP contribution in [0.25, 0.3) is 11.2 Å². The SMILES string of the molecule is CC1(C)O[C@@H]2[C@H](O1)[C@H](n1cnc3c(N)ncnc31)[CH][C@H]2COCc1ccccc1. The second-order valence-corrected chi connectivity index (χ2v) is 8.00. The lowest BCUT2D eigenvalue weighted by Crippen LogP contribution is -2.28. The molecule has 0 bridgehead atoms. The Bertz CT molecular complexity index is 1010. The molecule has 1 aromatic carbocycles. The smallest absolute Gasteiger partial charge is 0.165 e. The number of hydrogen-bond acceptors (Lipinski definition) is 7. The van der Waals surface area contributed by atoms with Gasteiger partial charge < -0.3 is 24.5 Å². The number of aromatic nitrogens is 4. The first-order valence-corrected chi connectivity index (χ1v) is 9.77. The van der Waals surface area contributed by atoms with Crippen LogP contribution in [0, 0.1) is 12.3 Å². The first-order valence-electron chi connectivity index (χ1n) is 9.77. The first kappa shape index (κ1) is 18.5. The van der Waals surface area contributed by atoms with Gasteiger partial charge in [0.15, 0.2) is 17.3 Å². The Labute approximate surface area is 169 Å². The standard InChI is InChI=1S/C21H24N5O3/c1-21(2)28-17-14(10-27-9-13-6-4-3-5-7-13)8-15(18(17)29-21)26-12-25-16-19(22)23-11-24-20(16)26/h3-8,11-12,14-15,17-18H,9-10H2,1-2H3,(H2,22,23,24)/t14-,15+,17-,18+/m0/s1. The van der Waals surface area contributed by atoms with E-state index in [4.69, 9.17) is 19.9 Å². The van der Waals surface area contributed by atoms with Gasteiger partial charge in [-0.25, -0.2) is 15.0 Å². The lowest BCUT2D eigenvalue weighted by atomic mass is 10.1. The third kappa shape index (κ3) is 3.37. The number of nitrogens with two attached hydrogens (primary N) is 1. The number of fused-ring (bicyclic) bond motifs is 2. The second kappa shape index (κ2) is 7.05. The fourth-order valence-corrected chi connectivity index (χ4v) is 4.26. The highest BCUT2D eigenvalue weighted by Gasteiger charge is 2.55. The van der Waals surface area contributed by atoms with Crippen molar-refractivity contribution >= 4 is 17.0 Å². The number of ether oxygens (including phenoxy) is 3. The molecule has 1 aliphatic heterocycles. The molecule has 4 atom stereocenters. The molecule has 8 heteroatoms. The molecular weight excluding hydrogens is 370 g/mol. The van der Waals surface area contributed by atoms with Crippen LogP contribution in [-0.4, -0.2) is 44.1 Å². The maximum atomic E-state index is 6.25. The maximum Gasteiger partial charge on any atom is 0.165 e. The Kier molecular flexibility index (Phi) is 4.49. The van der Waals surface area contributed by atoms with Crippen LogP contribution in [0.5, 0.6) is 0 Å². The monoisotopic (exact) mass is 394 g/mol. The summed E-state index contributed by atoms with van der Waals surface area (Å²) in [6.07, 6.45) is 5.18. The van der Waals surface area contributed by atoms with Crippen LogP contribution in [0.1, 0.15) is 25.5 Å². The molecule has 2 aromatic heterocycles. The van der Waals surface area contributed by atoms with Crippen molar-refractivity contribution < 1.29 is 14.2 Å². The first-order chi connectivity index (χ1) is 14.0. The topological polar surface area (TPSA) is 97.3 Å². The zero-order valence-corrected chi connectivity index (χ0v) is 16.4. The Morgan fingerprint density at radius 2 is 1.90 bits per heavy atom.